The maximum absolute atomic E-state index is 11.0. The van der Waals surface area contributed by atoms with Gasteiger partial charge in [-0.05, 0) is 49.3 Å². The van der Waals surface area contributed by atoms with Gasteiger partial charge in [-0.1, -0.05) is 26.0 Å². The van der Waals surface area contributed by atoms with Gasteiger partial charge in [-0.25, -0.2) is 4.79 Å². The van der Waals surface area contributed by atoms with Gasteiger partial charge in [0.15, 0.2) is 0 Å². The van der Waals surface area contributed by atoms with Crippen molar-refractivity contribution in [2.45, 2.75) is 64.5 Å². The summed E-state index contributed by atoms with van der Waals surface area (Å²) in [6.07, 6.45) is 5.36. The highest BCUT2D eigenvalue weighted by Gasteiger charge is 2.23. The number of ether oxygens (including phenoxy) is 1. The molecule has 0 spiro atoms. The molecule has 2 rings (SSSR count). The number of aryl methyl sites for hydroxylation is 1. The summed E-state index contributed by atoms with van der Waals surface area (Å²) in [7, 11) is 1.73. The van der Waals surface area contributed by atoms with Crippen LogP contribution >= 0.6 is 12.4 Å². The van der Waals surface area contributed by atoms with E-state index in [9.17, 15) is 4.79 Å². The van der Waals surface area contributed by atoms with Crippen LogP contribution in [0.25, 0.3) is 0 Å². The average Bonchev–Trinajstić information content (AvgIpc) is 2.63. The zero-order chi connectivity index (χ0) is 17.4. The van der Waals surface area contributed by atoms with E-state index in [2.05, 4.69) is 29.3 Å². The number of methoxy groups -OCH3 is 1. The summed E-state index contributed by atoms with van der Waals surface area (Å²) in [6.45, 7) is 4.33. The van der Waals surface area contributed by atoms with Crippen LogP contribution in [0.15, 0.2) is 18.2 Å². The van der Waals surface area contributed by atoms with E-state index in [0.717, 1.165) is 37.9 Å². The van der Waals surface area contributed by atoms with E-state index in [-0.39, 0.29) is 18.4 Å². The van der Waals surface area contributed by atoms with Gasteiger partial charge in [-0.3, -0.25) is 4.89 Å². The van der Waals surface area contributed by atoms with E-state index in [1.54, 1.807) is 14.0 Å². The smallest absolute Gasteiger partial charge is 0.342 e. The highest BCUT2D eigenvalue weighted by molar-refractivity contribution is 5.85. The number of rotatable bonds is 9. The molecule has 0 aliphatic heterocycles. The van der Waals surface area contributed by atoms with Gasteiger partial charge in [0.05, 0.1) is 13.7 Å². The number of hydrogen-bond acceptors (Lipinski definition) is 5. The Morgan fingerprint density at radius 3 is 2.84 bits per heavy atom. The first kappa shape index (κ1) is 21.7. The summed E-state index contributed by atoms with van der Waals surface area (Å²) in [4.78, 5) is 20.7. The third-order valence-electron chi connectivity index (χ3n) is 4.62. The lowest BCUT2D eigenvalue weighted by Gasteiger charge is -2.30. The predicted molar refractivity (Wildman–Crippen MR) is 100 cm³/mol. The Bertz CT molecular complexity index is 524. The minimum Gasteiger partial charge on any atom is -0.496 e. The molecule has 6 heteroatoms. The van der Waals surface area contributed by atoms with Crippen molar-refractivity contribution in [3.05, 3.63) is 29.3 Å². The van der Waals surface area contributed by atoms with E-state index >= 15 is 0 Å². The monoisotopic (exact) mass is 371 g/mol. The van der Waals surface area contributed by atoms with E-state index < -0.39 is 0 Å². The Balaban J connectivity index is 0.00000312. The predicted octanol–water partition coefficient (Wildman–Crippen LogP) is 3.62. The van der Waals surface area contributed by atoms with Crippen LogP contribution in [0.1, 0.15) is 50.7 Å². The van der Waals surface area contributed by atoms with E-state index in [1.165, 1.54) is 11.1 Å². The Labute approximate surface area is 156 Å². The van der Waals surface area contributed by atoms with Gasteiger partial charge < -0.3 is 10.1 Å². The number of halogens is 1. The molecule has 142 valence electrons. The molecule has 0 saturated heterocycles. The quantitative estimate of drug-likeness (QED) is 0.408. The molecule has 1 N–H and O–H groups in total. The third kappa shape index (κ3) is 6.49. The minimum absolute atomic E-state index is 0. The number of hydrogen-bond donors (Lipinski definition) is 1. The molecule has 2 unspecified atom stereocenters. The van der Waals surface area contributed by atoms with Crippen LogP contribution in [-0.4, -0.2) is 31.8 Å². The number of nitrogens with one attached hydrogen (secondary N) is 1. The number of carbonyl (C=O) groups is 1. The van der Waals surface area contributed by atoms with Crippen molar-refractivity contribution in [1.82, 2.24) is 5.32 Å². The van der Waals surface area contributed by atoms with Crippen molar-refractivity contribution in [3.63, 3.8) is 0 Å². The largest absolute Gasteiger partial charge is 0.496 e. The van der Waals surface area contributed by atoms with Crippen molar-refractivity contribution in [1.29, 1.82) is 0 Å². The van der Waals surface area contributed by atoms with Crippen LogP contribution < -0.4 is 10.1 Å². The van der Waals surface area contributed by atoms with Crippen LogP contribution in [0.2, 0.25) is 0 Å². The molecular formula is C19H30ClNO4. The summed E-state index contributed by atoms with van der Waals surface area (Å²) in [5, 5.41) is 3.72. The topological polar surface area (TPSA) is 56.8 Å². The normalized spacial score (nSPS) is 17.2. The van der Waals surface area contributed by atoms with E-state index in [1.807, 2.05) is 6.07 Å². The first-order valence-corrected chi connectivity index (χ1v) is 8.91. The standard InChI is InChI=1S/C19H29NO4.ClH/c1-4-15(11-12-23-24-19(21)5-2)20-16-10-9-14-7-6-8-18(22-3)17(14)13-16;/h6-8,15-16,20H,4-5,9-13H2,1-3H3;1H. The molecule has 1 aliphatic rings. The van der Waals surface area contributed by atoms with Crippen LogP contribution in [-0.2, 0) is 27.4 Å². The lowest BCUT2D eigenvalue weighted by molar-refractivity contribution is -0.272. The summed E-state index contributed by atoms with van der Waals surface area (Å²) in [5.41, 5.74) is 2.72. The Morgan fingerprint density at radius 2 is 2.16 bits per heavy atom. The van der Waals surface area contributed by atoms with Gasteiger partial charge >= 0.3 is 5.97 Å². The zero-order valence-electron chi connectivity index (χ0n) is 15.4. The van der Waals surface area contributed by atoms with Gasteiger partial charge in [0.1, 0.15) is 5.75 Å². The highest BCUT2D eigenvalue weighted by atomic mass is 35.5. The maximum Gasteiger partial charge on any atom is 0.342 e. The second-order valence-corrected chi connectivity index (χ2v) is 6.23. The fourth-order valence-electron chi connectivity index (χ4n) is 3.18. The van der Waals surface area contributed by atoms with Crippen molar-refractivity contribution in [2.24, 2.45) is 0 Å². The van der Waals surface area contributed by atoms with E-state index in [4.69, 9.17) is 9.62 Å². The van der Waals surface area contributed by atoms with Crippen molar-refractivity contribution in [2.75, 3.05) is 13.7 Å². The SMILES string of the molecule is CCC(=O)OOCCC(CC)NC1CCc2cccc(OC)c2C1.Cl. The second kappa shape index (κ2) is 11.3. The van der Waals surface area contributed by atoms with Crippen LogP contribution in [0.5, 0.6) is 5.75 Å². The molecule has 0 radical (unpaired) electrons. The lowest BCUT2D eigenvalue weighted by atomic mass is 9.87. The fourth-order valence-corrected chi connectivity index (χ4v) is 3.18. The number of carbonyl (C=O) groups excluding carboxylic acids is 1. The van der Waals surface area contributed by atoms with Gasteiger partial charge in [0.25, 0.3) is 0 Å². The van der Waals surface area contributed by atoms with Gasteiger partial charge in [-0.15, -0.1) is 12.4 Å². The number of fused-ring (bicyclic) bond motifs is 1. The first-order valence-electron chi connectivity index (χ1n) is 8.91. The Hall–Kier alpha value is -1.30. The molecule has 0 heterocycles. The van der Waals surface area contributed by atoms with Crippen LogP contribution in [0.4, 0.5) is 0 Å². The van der Waals surface area contributed by atoms with Crippen LogP contribution in [0.3, 0.4) is 0 Å². The van der Waals surface area contributed by atoms with Gasteiger partial charge in [0, 0.05) is 18.5 Å². The summed E-state index contributed by atoms with van der Waals surface area (Å²) in [6, 6.07) is 7.09. The fraction of sp³-hybridized carbons (Fsp3) is 0.632. The van der Waals surface area contributed by atoms with Gasteiger partial charge in [0.2, 0.25) is 0 Å². The molecule has 25 heavy (non-hydrogen) atoms. The zero-order valence-corrected chi connectivity index (χ0v) is 16.2. The molecular weight excluding hydrogens is 342 g/mol. The molecule has 1 aromatic carbocycles. The molecule has 0 fully saturated rings. The molecule has 0 saturated carbocycles. The van der Waals surface area contributed by atoms with Gasteiger partial charge in [-0.2, -0.15) is 4.89 Å². The van der Waals surface area contributed by atoms with Crippen molar-refractivity contribution < 1.29 is 19.3 Å². The van der Waals surface area contributed by atoms with Crippen LogP contribution in [0, 0.1) is 0 Å². The summed E-state index contributed by atoms with van der Waals surface area (Å²) >= 11 is 0. The number of benzene rings is 1. The maximum atomic E-state index is 11.0. The Morgan fingerprint density at radius 1 is 1.36 bits per heavy atom. The molecule has 0 bridgehead atoms. The Kier molecular flexibility index (Phi) is 9.86. The molecule has 2 atom stereocenters. The highest BCUT2D eigenvalue weighted by Crippen LogP contribution is 2.29. The lowest BCUT2D eigenvalue weighted by Crippen LogP contribution is -2.42. The van der Waals surface area contributed by atoms with Crippen molar-refractivity contribution in [3.8, 4) is 5.75 Å². The first-order chi connectivity index (χ1) is 11.7. The molecule has 5 nitrogen and oxygen atoms in total. The molecule has 0 amide bonds. The minimum atomic E-state index is -0.327. The molecule has 1 aliphatic carbocycles. The second-order valence-electron chi connectivity index (χ2n) is 6.23. The molecule has 1 aromatic rings. The van der Waals surface area contributed by atoms with Crippen molar-refractivity contribution >= 4 is 18.4 Å². The molecule has 0 aromatic heterocycles. The average molecular weight is 372 g/mol. The third-order valence-corrected chi connectivity index (χ3v) is 4.62. The summed E-state index contributed by atoms with van der Waals surface area (Å²) in [5.74, 6) is 0.661. The summed E-state index contributed by atoms with van der Waals surface area (Å²) < 4.78 is 5.51. The van der Waals surface area contributed by atoms with E-state index in [0.29, 0.717) is 25.1 Å².